The van der Waals surface area contributed by atoms with E-state index in [-0.39, 0.29) is 5.75 Å². The van der Waals surface area contributed by atoms with Gasteiger partial charge in [0, 0.05) is 23.5 Å². The van der Waals surface area contributed by atoms with Gasteiger partial charge in [0.15, 0.2) is 0 Å². The molecule has 2 N–H and O–H groups in total. The Morgan fingerprint density at radius 1 is 1.50 bits per heavy atom. The van der Waals surface area contributed by atoms with Crippen LogP contribution < -0.4 is 0 Å². The number of aromatic amines is 1. The summed E-state index contributed by atoms with van der Waals surface area (Å²) in [5.74, 6) is 1.31. The van der Waals surface area contributed by atoms with Crippen LogP contribution >= 0.6 is 0 Å². The summed E-state index contributed by atoms with van der Waals surface area (Å²) >= 11 is -0.949. The number of phenols is 1. The van der Waals surface area contributed by atoms with E-state index < -0.39 is 11.2 Å². The van der Waals surface area contributed by atoms with Crippen LogP contribution in [-0.2, 0) is 16.9 Å². The molecule has 16 heavy (non-hydrogen) atoms. The molecule has 5 heteroatoms. The molecular weight excluding hydrogens is 224 g/mol. The average molecular weight is 236 g/mol. The van der Waals surface area contributed by atoms with Gasteiger partial charge in [-0.05, 0) is 18.2 Å². The molecule has 0 saturated carbocycles. The number of hydrogen-bond donors (Lipinski definition) is 2. The number of rotatable bonds is 3. The van der Waals surface area contributed by atoms with E-state index in [2.05, 4.69) is 9.97 Å². The molecule has 2 aromatic rings. The first-order chi connectivity index (χ1) is 7.66. The minimum Gasteiger partial charge on any atom is -0.616 e. The molecule has 1 heterocycles. The van der Waals surface area contributed by atoms with Gasteiger partial charge >= 0.3 is 0 Å². The van der Waals surface area contributed by atoms with Crippen molar-refractivity contribution in [3.63, 3.8) is 0 Å². The SMILES string of the molecule is C[S+]([O-])Cc1cc(O)ccc1-c1ncc[nH]1. The second-order valence-corrected chi connectivity index (χ2v) is 4.93. The van der Waals surface area contributed by atoms with Crippen molar-refractivity contribution in [2.24, 2.45) is 0 Å². The van der Waals surface area contributed by atoms with Gasteiger partial charge in [-0.1, -0.05) is 11.2 Å². The minimum atomic E-state index is -0.949. The van der Waals surface area contributed by atoms with Gasteiger partial charge in [0.25, 0.3) is 0 Å². The Hall–Kier alpha value is -1.46. The topological polar surface area (TPSA) is 72.0 Å². The van der Waals surface area contributed by atoms with E-state index in [1.807, 2.05) is 0 Å². The highest BCUT2D eigenvalue weighted by atomic mass is 32.2. The first kappa shape index (κ1) is 11.0. The van der Waals surface area contributed by atoms with E-state index in [9.17, 15) is 9.66 Å². The number of imidazole rings is 1. The molecule has 1 aromatic heterocycles. The lowest BCUT2D eigenvalue weighted by atomic mass is 10.1. The molecule has 1 unspecified atom stereocenters. The quantitative estimate of drug-likeness (QED) is 0.796. The lowest BCUT2D eigenvalue weighted by molar-refractivity contribution is 0.475. The van der Waals surface area contributed by atoms with Crippen LogP contribution in [0.4, 0.5) is 0 Å². The minimum absolute atomic E-state index is 0.177. The highest BCUT2D eigenvalue weighted by Crippen LogP contribution is 2.25. The summed E-state index contributed by atoms with van der Waals surface area (Å²) in [6.45, 7) is 0. The van der Waals surface area contributed by atoms with Crippen molar-refractivity contribution in [3.05, 3.63) is 36.2 Å². The zero-order chi connectivity index (χ0) is 11.5. The van der Waals surface area contributed by atoms with E-state index in [1.165, 1.54) is 0 Å². The first-order valence-corrected chi connectivity index (χ1v) is 6.51. The van der Waals surface area contributed by atoms with Crippen molar-refractivity contribution in [2.75, 3.05) is 6.26 Å². The monoisotopic (exact) mass is 236 g/mol. The summed E-state index contributed by atoms with van der Waals surface area (Å²) in [5, 5.41) is 9.42. The summed E-state index contributed by atoms with van der Waals surface area (Å²) in [6.07, 6.45) is 5.03. The fourth-order valence-electron chi connectivity index (χ4n) is 1.56. The molecule has 0 aliphatic carbocycles. The van der Waals surface area contributed by atoms with Crippen molar-refractivity contribution in [3.8, 4) is 17.1 Å². The predicted molar refractivity (Wildman–Crippen MR) is 63.5 cm³/mol. The van der Waals surface area contributed by atoms with E-state index in [4.69, 9.17) is 0 Å². The van der Waals surface area contributed by atoms with E-state index >= 15 is 0 Å². The Morgan fingerprint density at radius 2 is 2.31 bits per heavy atom. The average Bonchev–Trinajstić information content (AvgIpc) is 2.69. The summed E-state index contributed by atoms with van der Waals surface area (Å²) in [6, 6.07) is 5.00. The number of nitrogens with one attached hydrogen (secondary N) is 1. The third kappa shape index (κ3) is 2.37. The summed E-state index contributed by atoms with van der Waals surface area (Å²) in [7, 11) is 0. The van der Waals surface area contributed by atoms with E-state index in [0.717, 1.165) is 17.0 Å². The second-order valence-electron chi connectivity index (χ2n) is 3.50. The largest absolute Gasteiger partial charge is 0.616 e. The third-order valence-electron chi connectivity index (χ3n) is 2.20. The zero-order valence-corrected chi connectivity index (χ0v) is 9.62. The van der Waals surface area contributed by atoms with Crippen LogP contribution in [0.5, 0.6) is 5.75 Å². The fourth-order valence-corrected chi connectivity index (χ4v) is 2.24. The van der Waals surface area contributed by atoms with Gasteiger partial charge in [0.05, 0.1) is 6.26 Å². The van der Waals surface area contributed by atoms with Crippen LogP contribution in [0.15, 0.2) is 30.6 Å². The molecule has 0 spiro atoms. The van der Waals surface area contributed by atoms with Gasteiger partial charge in [0.2, 0.25) is 0 Å². The molecule has 0 aliphatic heterocycles. The number of H-pyrrole nitrogens is 1. The Labute approximate surface area is 96.5 Å². The highest BCUT2D eigenvalue weighted by Gasteiger charge is 2.11. The van der Waals surface area contributed by atoms with Crippen molar-refractivity contribution in [1.82, 2.24) is 9.97 Å². The predicted octanol–water partition coefficient (Wildman–Crippen LogP) is 1.66. The number of benzene rings is 1. The maximum absolute atomic E-state index is 11.2. The van der Waals surface area contributed by atoms with Crippen molar-refractivity contribution < 1.29 is 9.66 Å². The zero-order valence-electron chi connectivity index (χ0n) is 8.80. The smallest absolute Gasteiger partial charge is 0.137 e. The van der Waals surface area contributed by atoms with Crippen LogP contribution in [0.1, 0.15) is 5.56 Å². The maximum atomic E-state index is 11.2. The first-order valence-electron chi connectivity index (χ1n) is 4.78. The summed E-state index contributed by atoms with van der Waals surface area (Å²) in [4.78, 5) is 7.14. The molecule has 2 rings (SSSR count). The van der Waals surface area contributed by atoms with Crippen LogP contribution in [-0.4, -0.2) is 25.9 Å². The second kappa shape index (κ2) is 4.59. The lowest BCUT2D eigenvalue weighted by Crippen LogP contribution is -2.02. The molecule has 0 saturated heterocycles. The molecular formula is C11H12N2O2S. The van der Waals surface area contributed by atoms with Gasteiger partial charge < -0.3 is 14.6 Å². The van der Waals surface area contributed by atoms with Gasteiger partial charge in [0.1, 0.15) is 17.3 Å². The number of hydrogen-bond acceptors (Lipinski definition) is 3. The fraction of sp³-hybridized carbons (Fsp3) is 0.182. The number of nitrogens with zero attached hydrogens (tertiary/aromatic N) is 1. The molecule has 0 amide bonds. The highest BCUT2D eigenvalue weighted by molar-refractivity contribution is 7.89. The van der Waals surface area contributed by atoms with E-state index in [0.29, 0.717) is 5.75 Å². The van der Waals surface area contributed by atoms with Gasteiger partial charge in [-0.25, -0.2) is 4.98 Å². The Bertz CT molecular complexity index is 469. The van der Waals surface area contributed by atoms with Crippen molar-refractivity contribution in [1.29, 1.82) is 0 Å². The van der Waals surface area contributed by atoms with Crippen molar-refractivity contribution in [2.45, 2.75) is 5.75 Å². The number of aromatic hydroxyl groups is 1. The van der Waals surface area contributed by atoms with Gasteiger partial charge in [-0.15, -0.1) is 0 Å². The Kier molecular flexibility index (Phi) is 3.17. The van der Waals surface area contributed by atoms with Crippen LogP contribution in [0.3, 0.4) is 0 Å². The normalized spacial score (nSPS) is 12.6. The molecule has 0 fully saturated rings. The van der Waals surface area contributed by atoms with Gasteiger partial charge in [-0.3, -0.25) is 0 Å². The number of phenolic OH excluding ortho intramolecular Hbond substituents is 1. The van der Waals surface area contributed by atoms with Gasteiger partial charge in [-0.2, -0.15) is 0 Å². The standard InChI is InChI=1S/C11H12N2O2S/c1-16(15)7-8-6-9(14)2-3-10(8)11-12-4-5-13-11/h2-6,14H,7H2,1H3,(H,12,13). The molecule has 4 nitrogen and oxygen atoms in total. The third-order valence-corrected chi connectivity index (χ3v) is 2.92. The molecule has 1 atom stereocenters. The Morgan fingerprint density at radius 3 is 2.94 bits per heavy atom. The molecule has 0 aliphatic rings. The summed E-state index contributed by atoms with van der Waals surface area (Å²) < 4.78 is 11.2. The molecule has 0 radical (unpaired) electrons. The van der Waals surface area contributed by atoms with Crippen LogP contribution in [0.25, 0.3) is 11.4 Å². The molecule has 84 valence electrons. The van der Waals surface area contributed by atoms with E-state index in [1.54, 1.807) is 36.8 Å². The van der Waals surface area contributed by atoms with Crippen LogP contribution in [0, 0.1) is 0 Å². The molecule has 1 aromatic carbocycles. The Balaban J connectivity index is 2.44. The summed E-state index contributed by atoms with van der Waals surface area (Å²) in [5.41, 5.74) is 1.70. The molecule has 0 bridgehead atoms. The maximum Gasteiger partial charge on any atom is 0.137 e. The van der Waals surface area contributed by atoms with Crippen LogP contribution in [0.2, 0.25) is 0 Å². The lowest BCUT2D eigenvalue weighted by Gasteiger charge is -2.09. The number of aromatic nitrogens is 2. The van der Waals surface area contributed by atoms with Crippen molar-refractivity contribution >= 4 is 11.2 Å².